The Morgan fingerprint density at radius 3 is 2.75 bits per heavy atom. The molecule has 3 rings (SSSR count). The number of methoxy groups -OCH3 is 1. The third-order valence-electron chi connectivity index (χ3n) is 3.71. The molecule has 2 aromatic rings. The van der Waals surface area contributed by atoms with Crippen LogP contribution in [0.15, 0.2) is 42.5 Å². The summed E-state index contributed by atoms with van der Waals surface area (Å²) in [6, 6.07) is 10.2. The van der Waals surface area contributed by atoms with E-state index in [1.807, 2.05) is 0 Å². The molecule has 7 heteroatoms. The molecule has 124 valence electrons. The number of fused-ring (bicyclic) bond motifs is 1. The van der Waals surface area contributed by atoms with Gasteiger partial charge in [0.25, 0.3) is 5.91 Å². The Labute approximate surface area is 137 Å². The Balaban J connectivity index is 1.55. The van der Waals surface area contributed by atoms with Crippen LogP contribution in [0.4, 0.5) is 10.1 Å². The quantitative estimate of drug-likeness (QED) is 0.856. The van der Waals surface area contributed by atoms with Gasteiger partial charge in [0, 0.05) is 29.1 Å². The van der Waals surface area contributed by atoms with Gasteiger partial charge in [0.1, 0.15) is 11.6 Å². The summed E-state index contributed by atoms with van der Waals surface area (Å²) in [4.78, 5) is 24.1. The Kier molecular flexibility index (Phi) is 4.41. The lowest BCUT2D eigenvalue weighted by molar-refractivity contribution is -0.529. The van der Waals surface area contributed by atoms with Crippen LogP contribution < -0.4 is 14.8 Å². The average molecular weight is 331 g/mol. The number of carbonyl (C=O) groups is 1. The third kappa shape index (κ3) is 3.19. The van der Waals surface area contributed by atoms with Crippen molar-refractivity contribution in [2.45, 2.75) is 12.6 Å². The highest BCUT2D eigenvalue weighted by Gasteiger charge is 2.40. The fraction of sp³-hybridized carbons (Fsp3) is 0.235. The Morgan fingerprint density at radius 1 is 1.29 bits per heavy atom. The first-order valence-corrected chi connectivity index (χ1v) is 7.43. The van der Waals surface area contributed by atoms with Crippen LogP contribution in [0.2, 0.25) is 0 Å². The van der Waals surface area contributed by atoms with E-state index in [9.17, 15) is 14.1 Å². The largest absolute Gasteiger partial charge is 0.497 e. The van der Waals surface area contributed by atoms with Crippen molar-refractivity contribution in [3.05, 3.63) is 58.8 Å². The van der Waals surface area contributed by atoms with E-state index < -0.39 is 12.0 Å². The number of nitrogens with one attached hydrogen (secondary N) is 1. The van der Waals surface area contributed by atoms with Crippen LogP contribution in [0.3, 0.4) is 0 Å². The summed E-state index contributed by atoms with van der Waals surface area (Å²) in [6.07, 6.45) is -0.395. The van der Waals surface area contributed by atoms with E-state index in [2.05, 4.69) is 5.32 Å². The Bertz CT molecular complexity index is 777. The average Bonchev–Trinajstić information content (AvgIpc) is 2.91. The van der Waals surface area contributed by atoms with Crippen molar-refractivity contribution in [2.75, 3.05) is 13.7 Å². The van der Waals surface area contributed by atoms with E-state index in [1.165, 1.54) is 31.4 Å². The molecule has 1 heterocycles. The lowest BCUT2D eigenvalue weighted by Gasteiger charge is -2.06. The summed E-state index contributed by atoms with van der Waals surface area (Å²) >= 11 is 0. The molecule has 24 heavy (non-hydrogen) atoms. The zero-order valence-corrected chi connectivity index (χ0v) is 13.0. The number of hydrogen-bond acceptors (Lipinski definition) is 4. The van der Waals surface area contributed by atoms with Gasteiger partial charge < -0.3 is 14.8 Å². The van der Waals surface area contributed by atoms with Crippen molar-refractivity contribution >= 4 is 11.6 Å². The molecule has 2 aromatic carbocycles. The molecule has 0 spiro atoms. The van der Waals surface area contributed by atoms with Gasteiger partial charge in [-0.15, -0.1) is 0 Å². The van der Waals surface area contributed by atoms with E-state index in [0.29, 0.717) is 29.2 Å². The SMILES string of the molecule is COc1ccc2c(c1)OC(CCNC(=O)c1ccc(F)cc1)[N+]2=O. The van der Waals surface area contributed by atoms with Crippen LogP contribution in [0.25, 0.3) is 0 Å². The minimum absolute atomic E-state index is 0.255. The summed E-state index contributed by atoms with van der Waals surface area (Å²) in [6.45, 7) is 0.255. The number of carbonyl (C=O) groups excluding carboxylic acids is 1. The molecule has 6 nitrogen and oxygen atoms in total. The molecule has 0 saturated heterocycles. The molecule has 1 aliphatic heterocycles. The number of ether oxygens (including phenoxy) is 2. The molecule has 1 amide bonds. The molecule has 1 unspecified atom stereocenters. The first-order chi connectivity index (χ1) is 11.6. The predicted molar refractivity (Wildman–Crippen MR) is 84.0 cm³/mol. The molecule has 0 fully saturated rings. The molecule has 1 atom stereocenters. The Morgan fingerprint density at radius 2 is 2.04 bits per heavy atom. The van der Waals surface area contributed by atoms with Crippen LogP contribution in [-0.4, -0.2) is 30.5 Å². The molecule has 0 bridgehead atoms. The number of nitrogens with zero attached hydrogens (tertiary/aromatic N) is 1. The summed E-state index contributed by atoms with van der Waals surface area (Å²) in [5.74, 6) is 0.331. The van der Waals surface area contributed by atoms with Gasteiger partial charge in [0.05, 0.1) is 18.3 Å². The zero-order valence-electron chi connectivity index (χ0n) is 13.0. The second kappa shape index (κ2) is 6.66. The minimum atomic E-state index is -0.708. The maximum atomic E-state index is 12.8. The van der Waals surface area contributed by atoms with Crippen molar-refractivity contribution in [1.82, 2.24) is 5.32 Å². The molecule has 0 aliphatic carbocycles. The van der Waals surface area contributed by atoms with Gasteiger partial charge in [0.15, 0.2) is 0 Å². The van der Waals surface area contributed by atoms with Crippen LogP contribution >= 0.6 is 0 Å². The fourth-order valence-corrected chi connectivity index (χ4v) is 2.44. The van der Waals surface area contributed by atoms with Crippen molar-refractivity contribution in [3.8, 4) is 11.5 Å². The number of rotatable bonds is 5. The van der Waals surface area contributed by atoms with Crippen LogP contribution in [0, 0.1) is 10.7 Å². The summed E-state index contributed by atoms with van der Waals surface area (Å²) < 4.78 is 24.3. The van der Waals surface area contributed by atoms with Gasteiger partial charge in [-0.25, -0.2) is 4.39 Å². The smallest absolute Gasteiger partial charge is 0.352 e. The second-order valence-electron chi connectivity index (χ2n) is 5.28. The van der Waals surface area contributed by atoms with Gasteiger partial charge in [-0.3, -0.25) is 4.79 Å². The zero-order chi connectivity index (χ0) is 17.1. The Hall–Kier alpha value is -2.96. The van der Waals surface area contributed by atoms with E-state index in [1.54, 1.807) is 18.2 Å². The number of benzene rings is 2. The van der Waals surface area contributed by atoms with Gasteiger partial charge in [0.2, 0.25) is 5.75 Å². The summed E-state index contributed by atoms with van der Waals surface area (Å²) in [5.41, 5.74) is 0.793. The van der Waals surface area contributed by atoms with Crippen LogP contribution in [0.5, 0.6) is 11.5 Å². The number of nitroso groups, excluding NO2 is 1. The second-order valence-corrected chi connectivity index (χ2v) is 5.28. The molecule has 1 N–H and O–H groups in total. The van der Waals surface area contributed by atoms with Crippen molar-refractivity contribution in [2.24, 2.45) is 0 Å². The summed E-state index contributed by atoms with van der Waals surface area (Å²) in [7, 11) is 1.54. The fourth-order valence-electron chi connectivity index (χ4n) is 2.44. The lowest BCUT2D eigenvalue weighted by Crippen LogP contribution is -2.30. The maximum absolute atomic E-state index is 12.8. The maximum Gasteiger partial charge on any atom is 0.352 e. The van der Waals surface area contributed by atoms with Crippen molar-refractivity contribution in [1.29, 1.82) is 0 Å². The number of halogens is 1. The standard InChI is InChI=1S/C17H15FN2O4/c1-23-13-6-7-14-15(10-13)24-16(20(14)22)8-9-19-17(21)11-2-4-12(18)5-3-11/h2-7,10,16H,8-9H2,1H3/p+1. The monoisotopic (exact) mass is 331 g/mol. The van der Waals surface area contributed by atoms with E-state index in [0.717, 1.165) is 4.76 Å². The van der Waals surface area contributed by atoms with Gasteiger partial charge in [-0.2, -0.15) is 0 Å². The third-order valence-corrected chi connectivity index (χ3v) is 3.71. The van der Waals surface area contributed by atoms with Gasteiger partial charge >= 0.3 is 11.9 Å². The van der Waals surface area contributed by atoms with E-state index >= 15 is 0 Å². The molecule has 0 radical (unpaired) electrons. The first kappa shape index (κ1) is 15.9. The van der Waals surface area contributed by atoms with E-state index in [4.69, 9.17) is 9.47 Å². The normalized spacial score (nSPS) is 15.6. The molecule has 0 aromatic heterocycles. The molecular weight excluding hydrogens is 315 g/mol. The molecular formula is C17H16FN2O4+. The predicted octanol–water partition coefficient (Wildman–Crippen LogP) is 2.78. The molecule has 0 saturated carbocycles. The topological polar surface area (TPSA) is 67.6 Å². The number of hydrogen-bond donors (Lipinski definition) is 1. The van der Waals surface area contributed by atoms with Crippen LogP contribution in [-0.2, 0) is 0 Å². The lowest BCUT2D eigenvalue weighted by atomic mass is 10.2. The highest BCUT2D eigenvalue weighted by molar-refractivity contribution is 5.94. The highest BCUT2D eigenvalue weighted by Crippen LogP contribution is 2.38. The van der Waals surface area contributed by atoms with E-state index in [-0.39, 0.29) is 12.5 Å². The minimum Gasteiger partial charge on any atom is -0.497 e. The molecule has 1 aliphatic rings. The van der Waals surface area contributed by atoms with Gasteiger partial charge in [-0.1, -0.05) is 0 Å². The first-order valence-electron chi connectivity index (χ1n) is 7.43. The summed E-state index contributed by atoms with van der Waals surface area (Å²) in [5, 5.41) is 2.68. The number of amides is 1. The van der Waals surface area contributed by atoms with Crippen LogP contribution in [0.1, 0.15) is 16.8 Å². The van der Waals surface area contributed by atoms with Gasteiger partial charge in [-0.05, 0) is 30.3 Å². The van der Waals surface area contributed by atoms with Crippen molar-refractivity contribution < 1.29 is 23.4 Å². The van der Waals surface area contributed by atoms with Crippen molar-refractivity contribution in [3.63, 3.8) is 0 Å². The highest BCUT2D eigenvalue weighted by atomic mass is 19.1.